The van der Waals surface area contributed by atoms with Crippen LogP contribution in [0.3, 0.4) is 0 Å². The van der Waals surface area contributed by atoms with Crippen molar-refractivity contribution in [3.63, 3.8) is 0 Å². The first-order valence-corrected chi connectivity index (χ1v) is 7.70. The topological polar surface area (TPSA) is 58.2 Å². The van der Waals surface area contributed by atoms with Gasteiger partial charge in [-0.25, -0.2) is 0 Å². The molecular formula is C19H22N2O2. The molecule has 2 amide bonds. The fourth-order valence-electron chi connectivity index (χ4n) is 2.25. The molecule has 0 radical (unpaired) electrons. The molecule has 0 unspecified atom stereocenters. The second kappa shape index (κ2) is 7.58. The molecule has 0 saturated heterocycles. The maximum absolute atomic E-state index is 12.1. The fourth-order valence-corrected chi connectivity index (χ4v) is 2.25. The molecule has 0 aromatic heterocycles. The molecule has 2 aromatic rings. The van der Waals surface area contributed by atoms with Gasteiger partial charge in [0.05, 0.1) is 6.42 Å². The Morgan fingerprint density at radius 1 is 0.870 bits per heavy atom. The Hall–Kier alpha value is -2.62. The van der Waals surface area contributed by atoms with Crippen LogP contribution in [-0.4, -0.2) is 11.8 Å². The van der Waals surface area contributed by atoms with Gasteiger partial charge < -0.3 is 10.6 Å². The van der Waals surface area contributed by atoms with E-state index in [1.54, 1.807) is 12.1 Å². The predicted molar refractivity (Wildman–Crippen MR) is 93.6 cm³/mol. The molecule has 4 nitrogen and oxygen atoms in total. The summed E-state index contributed by atoms with van der Waals surface area (Å²) < 4.78 is 0. The lowest BCUT2D eigenvalue weighted by Crippen LogP contribution is -2.14. The highest BCUT2D eigenvalue weighted by Crippen LogP contribution is 2.17. The van der Waals surface area contributed by atoms with Gasteiger partial charge in [0.15, 0.2) is 0 Å². The number of carbonyl (C=O) groups excluding carboxylic acids is 2. The third kappa shape index (κ3) is 5.25. The molecule has 2 rings (SSSR count). The van der Waals surface area contributed by atoms with Crippen LogP contribution in [0, 0.1) is 0 Å². The first-order valence-electron chi connectivity index (χ1n) is 7.70. The Morgan fingerprint density at radius 2 is 1.39 bits per heavy atom. The van der Waals surface area contributed by atoms with Crippen molar-refractivity contribution >= 4 is 23.2 Å². The van der Waals surface area contributed by atoms with Crippen molar-refractivity contribution in [2.45, 2.75) is 33.1 Å². The predicted octanol–water partition coefficient (Wildman–Crippen LogP) is 3.95. The average Bonchev–Trinajstić information content (AvgIpc) is 2.49. The molecule has 0 aliphatic rings. The molecule has 0 aliphatic heterocycles. The van der Waals surface area contributed by atoms with Gasteiger partial charge in [0.1, 0.15) is 0 Å². The second-order valence-electron chi connectivity index (χ2n) is 5.88. The van der Waals surface area contributed by atoms with E-state index in [9.17, 15) is 9.59 Å². The molecule has 0 fully saturated rings. The van der Waals surface area contributed by atoms with Gasteiger partial charge in [-0.15, -0.1) is 0 Å². The molecule has 2 N–H and O–H groups in total. The third-order valence-electron chi connectivity index (χ3n) is 3.50. The summed E-state index contributed by atoms with van der Waals surface area (Å²) in [4.78, 5) is 23.1. The number of rotatable bonds is 5. The highest BCUT2D eigenvalue weighted by Gasteiger charge is 2.05. The molecule has 4 heteroatoms. The number of hydrogen-bond donors (Lipinski definition) is 2. The number of nitrogens with one attached hydrogen (secondary N) is 2. The Balaban J connectivity index is 1.92. The average molecular weight is 310 g/mol. The van der Waals surface area contributed by atoms with Crippen molar-refractivity contribution in [2.24, 2.45) is 0 Å². The standard InChI is InChI=1S/C19H22N2O2/c1-13(2)16-6-10-18(11-7-16)21-19(23)12-15-4-8-17(9-5-15)20-14(3)22/h4-11,13H,12H2,1-3H3,(H,20,22)(H,21,23). The minimum atomic E-state index is -0.111. The van der Waals surface area contributed by atoms with Gasteiger partial charge in [0.2, 0.25) is 11.8 Å². The summed E-state index contributed by atoms with van der Waals surface area (Å²) in [6.45, 7) is 5.74. The monoisotopic (exact) mass is 310 g/mol. The van der Waals surface area contributed by atoms with E-state index < -0.39 is 0 Å². The summed E-state index contributed by atoms with van der Waals surface area (Å²) in [5, 5.41) is 5.59. The lowest BCUT2D eigenvalue weighted by Gasteiger charge is -2.09. The van der Waals surface area contributed by atoms with Crippen molar-refractivity contribution in [2.75, 3.05) is 10.6 Å². The van der Waals surface area contributed by atoms with Gasteiger partial charge in [-0.1, -0.05) is 38.1 Å². The van der Waals surface area contributed by atoms with Gasteiger partial charge >= 0.3 is 0 Å². The van der Waals surface area contributed by atoms with Crippen molar-refractivity contribution in [1.82, 2.24) is 0 Å². The maximum Gasteiger partial charge on any atom is 0.228 e. The smallest absolute Gasteiger partial charge is 0.228 e. The van der Waals surface area contributed by atoms with Gasteiger partial charge in [-0.3, -0.25) is 9.59 Å². The molecule has 0 aliphatic carbocycles. The van der Waals surface area contributed by atoms with Gasteiger partial charge in [0.25, 0.3) is 0 Å². The normalized spacial score (nSPS) is 10.4. The number of hydrogen-bond acceptors (Lipinski definition) is 2. The summed E-state index contributed by atoms with van der Waals surface area (Å²) in [6, 6.07) is 15.2. The number of benzene rings is 2. The molecule has 0 spiro atoms. The Labute approximate surface area is 136 Å². The van der Waals surface area contributed by atoms with E-state index in [0.29, 0.717) is 12.3 Å². The zero-order valence-corrected chi connectivity index (χ0v) is 13.7. The van der Waals surface area contributed by atoms with E-state index in [2.05, 4.69) is 24.5 Å². The van der Waals surface area contributed by atoms with Crippen LogP contribution >= 0.6 is 0 Å². The highest BCUT2D eigenvalue weighted by atomic mass is 16.2. The molecule has 0 heterocycles. The fraction of sp³-hybridized carbons (Fsp3) is 0.263. The van der Waals surface area contributed by atoms with E-state index in [1.807, 2.05) is 36.4 Å². The van der Waals surface area contributed by atoms with E-state index in [-0.39, 0.29) is 11.8 Å². The van der Waals surface area contributed by atoms with Crippen LogP contribution in [0.4, 0.5) is 11.4 Å². The number of amides is 2. The summed E-state index contributed by atoms with van der Waals surface area (Å²) in [6.07, 6.45) is 0.298. The van der Waals surface area contributed by atoms with E-state index in [0.717, 1.165) is 16.9 Å². The van der Waals surface area contributed by atoms with Crippen LogP contribution in [-0.2, 0) is 16.0 Å². The highest BCUT2D eigenvalue weighted by molar-refractivity contribution is 5.92. The minimum absolute atomic E-state index is 0.0606. The van der Waals surface area contributed by atoms with Gasteiger partial charge in [-0.05, 0) is 41.3 Å². The third-order valence-corrected chi connectivity index (χ3v) is 3.50. The van der Waals surface area contributed by atoms with Crippen LogP contribution in [0.25, 0.3) is 0 Å². The van der Waals surface area contributed by atoms with Crippen molar-refractivity contribution in [3.8, 4) is 0 Å². The van der Waals surface area contributed by atoms with Crippen LogP contribution in [0.2, 0.25) is 0 Å². The van der Waals surface area contributed by atoms with E-state index in [1.165, 1.54) is 12.5 Å². The lowest BCUT2D eigenvalue weighted by molar-refractivity contribution is -0.116. The van der Waals surface area contributed by atoms with Crippen LogP contribution < -0.4 is 10.6 Å². The molecule has 0 saturated carbocycles. The van der Waals surface area contributed by atoms with Gasteiger partial charge in [0, 0.05) is 18.3 Å². The first kappa shape index (κ1) is 16.7. The molecule has 2 aromatic carbocycles. The van der Waals surface area contributed by atoms with Crippen LogP contribution in [0.5, 0.6) is 0 Å². The minimum Gasteiger partial charge on any atom is -0.326 e. The Bertz CT molecular complexity index is 674. The van der Waals surface area contributed by atoms with E-state index >= 15 is 0 Å². The molecular weight excluding hydrogens is 288 g/mol. The quantitative estimate of drug-likeness (QED) is 0.878. The Kier molecular flexibility index (Phi) is 5.52. The summed E-state index contributed by atoms with van der Waals surface area (Å²) in [7, 11) is 0. The van der Waals surface area contributed by atoms with Crippen LogP contribution in [0.1, 0.15) is 37.8 Å². The second-order valence-corrected chi connectivity index (χ2v) is 5.88. The van der Waals surface area contributed by atoms with Crippen molar-refractivity contribution in [1.29, 1.82) is 0 Å². The number of carbonyl (C=O) groups is 2. The van der Waals surface area contributed by atoms with Crippen molar-refractivity contribution in [3.05, 3.63) is 59.7 Å². The summed E-state index contributed by atoms with van der Waals surface area (Å²) in [5.74, 6) is 0.303. The maximum atomic E-state index is 12.1. The summed E-state index contributed by atoms with van der Waals surface area (Å²) in [5.41, 5.74) is 3.67. The Morgan fingerprint density at radius 3 is 1.91 bits per heavy atom. The van der Waals surface area contributed by atoms with Gasteiger partial charge in [-0.2, -0.15) is 0 Å². The van der Waals surface area contributed by atoms with Crippen LogP contribution in [0.15, 0.2) is 48.5 Å². The SMILES string of the molecule is CC(=O)Nc1ccc(CC(=O)Nc2ccc(C(C)C)cc2)cc1. The molecule has 0 atom stereocenters. The number of anilines is 2. The van der Waals surface area contributed by atoms with Crippen molar-refractivity contribution < 1.29 is 9.59 Å². The summed E-state index contributed by atoms with van der Waals surface area (Å²) >= 11 is 0. The lowest BCUT2D eigenvalue weighted by atomic mass is 10.0. The molecule has 0 bridgehead atoms. The molecule has 120 valence electrons. The largest absolute Gasteiger partial charge is 0.326 e. The molecule has 23 heavy (non-hydrogen) atoms. The zero-order valence-electron chi connectivity index (χ0n) is 13.7. The van der Waals surface area contributed by atoms with E-state index in [4.69, 9.17) is 0 Å². The zero-order chi connectivity index (χ0) is 16.8. The first-order chi connectivity index (χ1) is 10.9.